The van der Waals surface area contributed by atoms with Crippen molar-refractivity contribution >= 4 is 35.4 Å². The monoisotopic (exact) mass is 808 g/mol. The van der Waals surface area contributed by atoms with Crippen molar-refractivity contribution in [2.24, 2.45) is 5.92 Å². The lowest BCUT2D eigenvalue weighted by Gasteiger charge is -2.34. The maximum atomic E-state index is 15.7. The van der Waals surface area contributed by atoms with Gasteiger partial charge in [0.2, 0.25) is 5.91 Å². The van der Waals surface area contributed by atoms with Crippen molar-refractivity contribution in [1.82, 2.24) is 15.5 Å². The first-order valence-corrected chi connectivity index (χ1v) is 20.0. The summed E-state index contributed by atoms with van der Waals surface area (Å²) in [5.74, 6) is 0.0971. The van der Waals surface area contributed by atoms with Gasteiger partial charge in [-0.05, 0) is 92.1 Å². The molecule has 5 N–H and O–H groups in total. The van der Waals surface area contributed by atoms with Gasteiger partial charge in [-0.1, -0.05) is 41.9 Å². The summed E-state index contributed by atoms with van der Waals surface area (Å²) in [5.41, 5.74) is 6.27. The van der Waals surface area contributed by atoms with E-state index in [2.05, 4.69) is 34.0 Å². The summed E-state index contributed by atoms with van der Waals surface area (Å²) in [4.78, 5) is 25.0. The van der Waals surface area contributed by atoms with E-state index >= 15 is 4.39 Å². The number of methoxy groups -OCH3 is 2. The molecular formula is C45H50ClFN6O5. The second-order valence-electron chi connectivity index (χ2n) is 15.1. The van der Waals surface area contributed by atoms with Gasteiger partial charge >= 0.3 is 5.97 Å². The third-order valence-electron chi connectivity index (χ3n) is 11.4. The topological polar surface area (TPSA) is 160 Å². The van der Waals surface area contributed by atoms with Crippen molar-refractivity contribution in [2.45, 2.75) is 76.7 Å². The van der Waals surface area contributed by atoms with Crippen LogP contribution in [0.25, 0.3) is 22.3 Å². The number of benzene rings is 4. The van der Waals surface area contributed by atoms with Gasteiger partial charge in [0.05, 0.1) is 30.9 Å². The van der Waals surface area contributed by atoms with Gasteiger partial charge in [-0.15, -0.1) is 0 Å². The summed E-state index contributed by atoms with van der Waals surface area (Å²) in [6.45, 7) is 1.62. The molecule has 0 spiro atoms. The first-order valence-electron chi connectivity index (χ1n) is 19.6. The fourth-order valence-electron chi connectivity index (χ4n) is 8.25. The number of ether oxygens (including phenoxy) is 2. The van der Waals surface area contributed by atoms with Gasteiger partial charge in [0.1, 0.15) is 17.3 Å². The first kappa shape index (κ1) is 42.1. The SMILES string of the molecule is COc1cc(CNc2cccc(-c3cccc(-c4cc(F)c(CNCC5CCC(=O)N5)c(OC)c4)c3Cl)c2C=N)c(C#N)cc1CN(C)C1CCC(CC(=O)O)CC1. The van der Waals surface area contributed by atoms with Gasteiger partial charge in [-0.2, -0.15) is 5.26 Å². The van der Waals surface area contributed by atoms with Crippen molar-refractivity contribution < 1.29 is 28.6 Å². The van der Waals surface area contributed by atoms with E-state index in [1.165, 1.54) is 19.4 Å². The molecule has 1 amide bonds. The molecule has 58 heavy (non-hydrogen) atoms. The number of hydrogen-bond acceptors (Lipinski definition) is 9. The molecule has 1 aliphatic carbocycles. The number of hydrogen-bond donors (Lipinski definition) is 5. The van der Waals surface area contributed by atoms with E-state index in [1.807, 2.05) is 48.5 Å². The summed E-state index contributed by atoms with van der Waals surface area (Å²) in [5, 5.41) is 37.8. The number of carboxylic acids is 1. The lowest BCUT2D eigenvalue weighted by molar-refractivity contribution is -0.138. The van der Waals surface area contributed by atoms with E-state index in [0.29, 0.717) is 86.7 Å². The van der Waals surface area contributed by atoms with Crippen LogP contribution in [-0.2, 0) is 29.2 Å². The molecule has 6 rings (SSSR count). The van der Waals surface area contributed by atoms with Crippen LogP contribution in [0.4, 0.5) is 10.1 Å². The highest BCUT2D eigenvalue weighted by Crippen LogP contribution is 2.41. The zero-order valence-electron chi connectivity index (χ0n) is 33.1. The molecular weight excluding hydrogens is 759 g/mol. The second-order valence-corrected chi connectivity index (χ2v) is 15.5. The van der Waals surface area contributed by atoms with E-state index in [9.17, 15) is 20.0 Å². The van der Waals surface area contributed by atoms with Gasteiger partial charge < -0.3 is 35.9 Å². The van der Waals surface area contributed by atoms with Crippen molar-refractivity contribution in [3.8, 4) is 39.8 Å². The molecule has 4 aromatic rings. The highest BCUT2D eigenvalue weighted by Gasteiger charge is 2.27. The zero-order chi connectivity index (χ0) is 41.3. The highest BCUT2D eigenvalue weighted by atomic mass is 35.5. The third-order valence-corrected chi connectivity index (χ3v) is 11.8. The Balaban J connectivity index is 1.19. The van der Waals surface area contributed by atoms with Crippen molar-refractivity contribution in [2.75, 3.05) is 33.1 Å². The second kappa shape index (κ2) is 19.3. The number of nitriles is 1. The van der Waals surface area contributed by atoms with Crippen LogP contribution < -0.4 is 25.4 Å². The van der Waals surface area contributed by atoms with Crippen LogP contribution >= 0.6 is 11.6 Å². The molecule has 1 saturated heterocycles. The lowest BCUT2D eigenvalue weighted by Crippen LogP contribution is -2.35. The summed E-state index contributed by atoms with van der Waals surface area (Å²) >= 11 is 7.11. The largest absolute Gasteiger partial charge is 0.496 e. The van der Waals surface area contributed by atoms with E-state index < -0.39 is 11.8 Å². The smallest absolute Gasteiger partial charge is 0.303 e. The molecule has 0 bridgehead atoms. The lowest BCUT2D eigenvalue weighted by atomic mass is 9.83. The zero-order valence-corrected chi connectivity index (χ0v) is 33.8. The van der Waals surface area contributed by atoms with Gasteiger partial charge in [0.25, 0.3) is 0 Å². The molecule has 1 saturated carbocycles. The van der Waals surface area contributed by atoms with Crippen LogP contribution in [0.3, 0.4) is 0 Å². The molecule has 4 aromatic carbocycles. The van der Waals surface area contributed by atoms with E-state index in [0.717, 1.165) is 43.2 Å². The Morgan fingerprint density at radius 1 is 1.02 bits per heavy atom. The standard InChI is InChI=1S/C45H50ClFN6O5/c1-53(33-13-10-27(11-14-33)16-44(55)56)26-31-17-29(21-48)30(20-41(31)57-2)23-51-40-9-5-7-35(37(40)22-49)36-8-4-6-34(45(36)46)28-18-39(47)38(42(19-28)58-3)25-50-24-32-12-15-43(54)52-32/h4-9,17-20,22,27,32-33,49-51H,10-16,23-26H2,1-3H3,(H,52,54)(H,55,56). The van der Waals surface area contributed by atoms with Gasteiger partial charge in [-0.3, -0.25) is 14.5 Å². The minimum absolute atomic E-state index is 0.0151. The third kappa shape index (κ3) is 9.79. The Morgan fingerprint density at radius 2 is 1.74 bits per heavy atom. The van der Waals surface area contributed by atoms with Crippen molar-refractivity contribution in [1.29, 1.82) is 10.7 Å². The Bertz CT molecular complexity index is 2200. The van der Waals surface area contributed by atoms with Gasteiger partial charge in [-0.25, -0.2) is 4.39 Å². The molecule has 0 radical (unpaired) electrons. The average Bonchev–Trinajstić information content (AvgIpc) is 3.64. The molecule has 1 aliphatic heterocycles. The minimum atomic E-state index is -0.742. The number of carbonyl (C=O) groups is 2. The number of carbonyl (C=O) groups excluding carboxylic acids is 1. The van der Waals surface area contributed by atoms with Crippen LogP contribution in [0.5, 0.6) is 11.5 Å². The van der Waals surface area contributed by atoms with Crippen LogP contribution in [0.15, 0.2) is 60.7 Å². The maximum absolute atomic E-state index is 15.7. The van der Waals surface area contributed by atoms with Crippen LogP contribution in [0.2, 0.25) is 5.02 Å². The number of nitrogens with one attached hydrogen (secondary N) is 4. The van der Waals surface area contributed by atoms with Crippen LogP contribution in [0, 0.1) is 28.5 Å². The van der Waals surface area contributed by atoms with E-state index in [-0.39, 0.29) is 37.4 Å². The average molecular weight is 809 g/mol. The number of rotatable bonds is 17. The van der Waals surface area contributed by atoms with Crippen LogP contribution in [0.1, 0.15) is 72.8 Å². The molecule has 2 fully saturated rings. The predicted molar refractivity (Wildman–Crippen MR) is 224 cm³/mol. The summed E-state index contributed by atoms with van der Waals surface area (Å²) in [6, 6.07) is 20.8. The maximum Gasteiger partial charge on any atom is 0.303 e. The number of amides is 1. The molecule has 1 unspecified atom stereocenters. The number of aliphatic carboxylic acids is 1. The minimum Gasteiger partial charge on any atom is -0.496 e. The molecule has 0 aromatic heterocycles. The Hall–Kier alpha value is -5.48. The van der Waals surface area contributed by atoms with Crippen LogP contribution in [-0.4, -0.2) is 68.0 Å². The number of nitrogens with zero attached hydrogens (tertiary/aromatic N) is 2. The van der Waals surface area contributed by atoms with Crippen molar-refractivity contribution in [3.05, 3.63) is 99.3 Å². The molecule has 304 valence electrons. The fraction of sp³-hybridized carbons (Fsp3) is 0.378. The van der Waals surface area contributed by atoms with Gasteiger partial charge in [0.15, 0.2) is 0 Å². The van der Waals surface area contributed by atoms with E-state index in [4.69, 9.17) is 26.5 Å². The van der Waals surface area contributed by atoms with Gasteiger partial charge in [0, 0.05) is 90.8 Å². The fourth-order valence-corrected chi connectivity index (χ4v) is 8.59. The number of carboxylic acid groups (broad SMARTS) is 1. The summed E-state index contributed by atoms with van der Waals surface area (Å²) in [7, 11) is 5.17. The first-order chi connectivity index (χ1) is 28.0. The normalized spacial score (nSPS) is 17.7. The quantitative estimate of drug-likeness (QED) is 0.0664. The molecule has 1 heterocycles. The predicted octanol–water partition coefficient (Wildman–Crippen LogP) is 8.15. The Morgan fingerprint density at radius 3 is 2.41 bits per heavy atom. The Kier molecular flexibility index (Phi) is 14.0. The molecule has 1 atom stereocenters. The highest BCUT2D eigenvalue weighted by molar-refractivity contribution is 6.36. The summed E-state index contributed by atoms with van der Waals surface area (Å²) < 4.78 is 27.1. The molecule has 11 nitrogen and oxygen atoms in total. The number of halogens is 2. The molecule has 2 aliphatic rings. The molecule has 13 heteroatoms. The Labute approximate surface area is 344 Å². The number of anilines is 1. The summed E-state index contributed by atoms with van der Waals surface area (Å²) in [6.07, 6.45) is 6.34. The van der Waals surface area contributed by atoms with Crippen molar-refractivity contribution in [3.63, 3.8) is 0 Å². The van der Waals surface area contributed by atoms with E-state index in [1.54, 1.807) is 13.2 Å².